The van der Waals surface area contributed by atoms with Crippen LogP contribution in [0.2, 0.25) is 5.04 Å². The molecule has 0 heterocycles. The van der Waals surface area contributed by atoms with Gasteiger partial charge in [-0.15, -0.1) is 0 Å². The summed E-state index contributed by atoms with van der Waals surface area (Å²) < 4.78 is 7.22. The Morgan fingerprint density at radius 2 is 1.27 bits per heavy atom. The normalized spacial score (nSPS) is 13.4. The van der Waals surface area contributed by atoms with Crippen molar-refractivity contribution in [2.45, 2.75) is 90.2 Å². The first-order valence-corrected chi connectivity index (χ1v) is 13.8. The van der Waals surface area contributed by atoms with Crippen LogP contribution in [0.3, 0.4) is 0 Å². The van der Waals surface area contributed by atoms with Gasteiger partial charge in [-0.1, -0.05) is 127 Å². The molecule has 0 radical (unpaired) electrons. The van der Waals surface area contributed by atoms with Gasteiger partial charge in [-0.05, 0) is 28.3 Å². The summed E-state index contributed by atoms with van der Waals surface area (Å²) in [5, 5.41) is 12.4. The Hall–Kier alpha value is -1.42. The Bertz CT molecular complexity index is 654. The highest BCUT2D eigenvalue weighted by Gasteiger charge is 2.51. The summed E-state index contributed by atoms with van der Waals surface area (Å²) in [7, 11) is -2.54. The van der Waals surface area contributed by atoms with E-state index in [2.05, 4.69) is 88.4 Å². The average Bonchev–Trinajstić information content (AvgIpc) is 2.74. The maximum atomic E-state index is 9.79. The van der Waals surface area contributed by atoms with E-state index in [4.69, 9.17) is 4.43 Å². The van der Waals surface area contributed by atoms with E-state index >= 15 is 0 Å². The van der Waals surface area contributed by atoms with Gasteiger partial charge in [0.25, 0.3) is 8.32 Å². The molecule has 2 nitrogen and oxygen atoms in total. The zero-order valence-electron chi connectivity index (χ0n) is 19.6. The molecule has 0 aliphatic carbocycles. The van der Waals surface area contributed by atoms with E-state index in [1.54, 1.807) is 0 Å². The van der Waals surface area contributed by atoms with Crippen molar-refractivity contribution < 1.29 is 9.53 Å². The topological polar surface area (TPSA) is 29.5 Å². The van der Waals surface area contributed by atoms with Crippen LogP contribution in [0, 0.1) is 0 Å². The predicted octanol–water partition coefficient (Wildman–Crippen LogP) is 6.06. The van der Waals surface area contributed by atoms with Crippen LogP contribution in [0.4, 0.5) is 0 Å². The quantitative estimate of drug-likeness (QED) is 0.311. The molecule has 0 bridgehead atoms. The molecule has 30 heavy (non-hydrogen) atoms. The maximum Gasteiger partial charge on any atom is 0.261 e. The van der Waals surface area contributed by atoms with Crippen molar-refractivity contribution in [2.75, 3.05) is 6.61 Å². The molecule has 2 aromatic carbocycles. The van der Waals surface area contributed by atoms with Gasteiger partial charge in [0, 0.05) is 12.7 Å². The number of aliphatic hydroxyl groups is 1. The number of hydrogen-bond donors (Lipinski definition) is 1. The van der Waals surface area contributed by atoms with Gasteiger partial charge in [-0.25, -0.2) is 0 Å². The van der Waals surface area contributed by atoms with Crippen LogP contribution >= 0.6 is 0 Å². The largest absolute Gasteiger partial charge is 0.404 e. The molecule has 0 aliphatic rings. The second-order valence-corrected chi connectivity index (χ2v) is 13.7. The fourth-order valence-electron chi connectivity index (χ4n) is 4.50. The third-order valence-electron chi connectivity index (χ3n) is 6.09. The Labute approximate surface area is 185 Å². The number of aliphatic hydroxyl groups excluding tert-OH is 1. The summed E-state index contributed by atoms with van der Waals surface area (Å²) >= 11 is 0. The van der Waals surface area contributed by atoms with E-state index in [1.165, 1.54) is 48.9 Å². The Kier molecular flexibility index (Phi) is 10.3. The van der Waals surface area contributed by atoms with E-state index in [0.717, 1.165) is 6.42 Å². The van der Waals surface area contributed by atoms with Gasteiger partial charge in [-0.3, -0.25) is 0 Å². The molecule has 2 aromatic rings. The average molecular weight is 427 g/mol. The summed E-state index contributed by atoms with van der Waals surface area (Å²) in [5.41, 5.74) is 0. The zero-order chi connectivity index (χ0) is 21.9. The van der Waals surface area contributed by atoms with E-state index in [9.17, 15) is 5.11 Å². The van der Waals surface area contributed by atoms with Crippen LogP contribution in [-0.4, -0.2) is 26.1 Å². The molecule has 0 fully saturated rings. The molecule has 166 valence electrons. The fraction of sp³-hybridized carbons (Fsp3) is 0.556. The lowest BCUT2D eigenvalue weighted by molar-refractivity contribution is 0.133. The van der Waals surface area contributed by atoms with Gasteiger partial charge in [0.15, 0.2) is 0 Å². The SMILES string of the molecule is CCCCCCCCC(CCO)O[Si](c1ccccc1)(c1ccccc1)C(C)(C)C. The van der Waals surface area contributed by atoms with E-state index in [1.807, 2.05) is 0 Å². The maximum absolute atomic E-state index is 9.79. The number of benzene rings is 2. The van der Waals surface area contributed by atoms with Gasteiger partial charge < -0.3 is 9.53 Å². The number of hydrogen-bond acceptors (Lipinski definition) is 2. The molecule has 0 saturated carbocycles. The van der Waals surface area contributed by atoms with Crippen molar-refractivity contribution in [3.8, 4) is 0 Å². The van der Waals surface area contributed by atoms with Crippen LogP contribution in [-0.2, 0) is 4.43 Å². The molecular weight excluding hydrogens is 384 g/mol. The first-order chi connectivity index (χ1) is 14.5. The summed E-state index contributed by atoms with van der Waals surface area (Å²) in [4.78, 5) is 0. The molecule has 0 aliphatic heterocycles. The Morgan fingerprint density at radius 3 is 1.73 bits per heavy atom. The first-order valence-electron chi connectivity index (χ1n) is 11.9. The lowest BCUT2D eigenvalue weighted by atomic mass is 10.1. The zero-order valence-corrected chi connectivity index (χ0v) is 20.6. The van der Waals surface area contributed by atoms with E-state index < -0.39 is 8.32 Å². The van der Waals surface area contributed by atoms with Crippen molar-refractivity contribution in [2.24, 2.45) is 0 Å². The lowest BCUT2D eigenvalue weighted by Gasteiger charge is -2.45. The minimum Gasteiger partial charge on any atom is -0.404 e. The highest BCUT2D eigenvalue weighted by atomic mass is 28.4. The summed E-state index contributed by atoms with van der Waals surface area (Å²) in [6, 6.07) is 21.6. The van der Waals surface area contributed by atoms with Gasteiger partial charge in [0.1, 0.15) is 0 Å². The molecule has 0 saturated heterocycles. The minimum atomic E-state index is -2.54. The fourth-order valence-corrected chi connectivity index (χ4v) is 9.25. The van der Waals surface area contributed by atoms with Crippen molar-refractivity contribution >= 4 is 18.7 Å². The van der Waals surface area contributed by atoms with E-state index in [0.29, 0.717) is 6.42 Å². The summed E-state index contributed by atoms with van der Waals surface area (Å²) in [5.74, 6) is 0. The molecule has 1 atom stereocenters. The second-order valence-electron chi connectivity index (χ2n) is 9.47. The predicted molar refractivity (Wildman–Crippen MR) is 132 cm³/mol. The molecular formula is C27H42O2Si. The van der Waals surface area contributed by atoms with Crippen molar-refractivity contribution in [1.82, 2.24) is 0 Å². The highest BCUT2D eigenvalue weighted by molar-refractivity contribution is 6.99. The van der Waals surface area contributed by atoms with Gasteiger partial charge in [0.05, 0.1) is 0 Å². The van der Waals surface area contributed by atoms with Crippen molar-refractivity contribution in [1.29, 1.82) is 0 Å². The summed E-state index contributed by atoms with van der Waals surface area (Å²) in [6.45, 7) is 9.40. The second kappa shape index (κ2) is 12.4. The monoisotopic (exact) mass is 426 g/mol. The Morgan fingerprint density at radius 1 is 0.767 bits per heavy atom. The lowest BCUT2D eigenvalue weighted by Crippen LogP contribution is -2.67. The minimum absolute atomic E-state index is 0.0233. The first kappa shape index (κ1) is 24.8. The molecule has 0 aromatic heterocycles. The van der Waals surface area contributed by atoms with Crippen LogP contribution in [0.5, 0.6) is 0 Å². The standard InChI is InChI=1S/C27H42O2Si/c1-5-6-7-8-9-12-17-24(22-23-28)29-30(27(2,3)4,25-18-13-10-14-19-25)26-20-15-11-16-21-26/h10-11,13-16,18-21,24,28H,5-9,12,17,22-23H2,1-4H3. The van der Waals surface area contributed by atoms with Crippen LogP contribution in [0.25, 0.3) is 0 Å². The van der Waals surface area contributed by atoms with Gasteiger partial charge >= 0.3 is 0 Å². The number of rotatable bonds is 13. The highest BCUT2D eigenvalue weighted by Crippen LogP contribution is 2.38. The molecule has 2 rings (SSSR count). The molecule has 3 heteroatoms. The van der Waals surface area contributed by atoms with Crippen molar-refractivity contribution in [3.63, 3.8) is 0 Å². The molecule has 0 spiro atoms. The molecule has 1 N–H and O–H groups in total. The molecule has 1 unspecified atom stereocenters. The smallest absolute Gasteiger partial charge is 0.261 e. The number of unbranched alkanes of at least 4 members (excludes halogenated alkanes) is 5. The third kappa shape index (κ3) is 6.54. The third-order valence-corrected chi connectivity index (χ3v) is 11.2. The molecule has 0 amide bonds. The van der Waals surface area contributed by atoms with Crippen LogP contribution in [0.15, 0.2) is 60.7 Å². The van der Waals surface area contributed by atoms with Gasteiger partial charge in [0.2, 0.25) is 0 Å². The Balaban J connectivity index is 2.33. The van der Waals surface area contributed by atoms with E-state index in [-0.39, 0.29) is 17.7 Å². The van der Waals surface area contributed by atoms with Crippen molar-refractivity contribution in [3.05, 3.63) is 60.7 Å². The van der Waals surface area contributed by atoms with Crippen LogP contribution < -0.4 is 10.4 Å². The summed E-state index contributed by atoms with van der Waals surface area (Å²) in [6.07, 6.45) is 9.50. The van der Waals surface area contributed by atoms with Crippen LogP contribution in [0.1, 0.15) is 79.1 Å². The van der Waals surface area contributed by atoms with Gasteiger partial charge in [-0.2, -0.15) is 0 Å².